The first-order valence-corrected chi connectivity index (χ1v) is 7.78. The highest BCUT2D eigenvalue weighted by Gasteiger charge is 2.15. The molecule has 2 aromatic rings. The highest BCUT2D eigenvalue weighted by atomic mass is 16.5. The van der Waals surface area contributed by atoms with E-state index < -0.39 is 0 Å². The van der Waals surface area contributed by atoms with Crippen LogP contribution in [0.4, 0.5) is 11.5 Å². The van der Waals surface area contributed by atoms with Gasteiger partial charge in [-0.15, -0.1) is 0 Å². The van der Waals surface area contributed by atoms with Gasteiger partial charge in [0.2, 0.25) is 0 Å². The molecule has 1 amide bonds. The fourth-order valence-electron chi connectivity index (χ4n) is 2.67. The molecule has 0 radical (unpaired) electrons. The SMILES string of the molecule is COc1ccc(NC(=O)c2cnc(NC3CCCC3)cn2)cc1. The van der Waals surface area contributed by atoms with E-state index in [0.717, 1.165) is 11.6 Å². The lowest BCUT2D eigenvalue weighted by atomic mass is 10.2. The minimum atomic E-state index is -0.282. The van der Waals surface area contributed by atoms with E-state index >= 15 is 0 Å². The molecule has 0 saturated heterocycles. The summed E-state index contributed by atoms with van der Waals surface area (Å²) in [5, 5.41) is 6.13. The van der Waals surface area contributed by atoms with E-state index in [-0.39, 0.29) is 11.6 Å². The predicted octanol–water partition coefficient (Wildman–Crippen LogP) is 3.09. The smallest absolute Gasteiger partial charge is 0.275 e. The number of carbonyl (C=O) groups is 1. The van der Waals surface area contributed by atoms with Crippen LogP contribution in [0.2, 0.25) is 0 Å². The fourth-order valence-corrected chi connectivity index (χ4v) is 2.67. The van der Waals surface area contributed by atoms with Crippen LogP contribution in [-0.2, 0) is 0 Å². The van der Waals surface area contributed by atoms with Gasteiger partial charge in [-0.25, -0.2) is 9.97 Å². The standard InChI is InChI=1S/C17H20N4O2/c1-23-14-8-6-13(7-9-14)21-17(22)15-10-19-16(11-18-15)20-12-4-2-3-5-12/h6-12H,2-5H2,1H3,(H,19,20)(H,21,22). The number of hydrogen-bond acceptors (Lipinski definition) is 5. The van der Waals surface area contributed by atoms with Crippen LogP contribution in [-0.4, -0.2) is 29.0 Å². The number of anilines is 2. The fraction of sp³-hybridized carbons (Fsp3) is 0.353. The summed E-state index contributed by atoms with van der Waals surface area (Å²) < 4.78 is 5.08. The van der Waals surface area contributed by atoms with Gasteiger partial charge in [-0.3, -0.25) is 4.79 Å². The van der Waals surface area contributed by atoms with Gasteiger partial charge in [-0.1, -0.05) is 12.8 Å². The largest absolute Gasteiger partial charge is 0.497 e. The van der Waals surface area contributed by atoms with Gasteiger partial charge in [0.05, 0.1) is 19.5 Å². The van der Waals surface area contributed by atoms with Crippen molar-refractivity contribution >= 4 is 17.4 Å². The monoisotopic (exact) mass is 312 g/mol. The van der Waals surface area contributed by atoms with Gasteiger partial charge in [0.15, 0.2) is 0 Å². The first-order valence-electron chi connectivity index (χ1n) is 7.78. The number of hydrogen-bond donors (Lipinski definition) is 2. The second-order valence-electron chi connectivity index (χ2n) is 5.60. The molecule has 1 heterocycles. The molecule has 0 atom stereocenters. The molecular weight excluding hydrogens is 292 g/mol. The van der Waals surface area contributed by atoms with E-state index in [9.17, 15) is 4.79 Å². The Balaban J connectivity index is 1.60. The molecule has 0 unspecified atom stereocenters. The van der Waals surface area contributed by atoms with Crippen molar-refractivity contribution < 1.29 is 9.53 Å². The average Bonchev–Trinajstić information content (AvgIpc) is 3.09. The number of carbonyl (C=O) groups excluding carboxylic acids is 1. The minimum Gasteiger partial charge on any atom is -0.497 e. The van der Waals surface area contributed by atoms with Crippen molar-refractivity contribution in [2.24, 2.45) is 0 Å². The summed E-state index contributed by atoms with van der Waals surface area (Å²) in [6.45, 7) is 0. The molecule has 6 heteroatoms. The Morgan fingerprint density at radius 3 is 2.48 bits per heavy atom. The van der Waals surface area contributed by atoms with Gasteiger partial charge in [0, 0.05) is 11.7 Å². The van der Waals surface area contributed by atoms with Crippen LogP contribution >= 0.6 is 0 Å². The van der Waals surface area contributed by atoms with Gasteiger partial charge in [0.1, 0.15) is 17.3 Å². The molecule has 1 fully saturated rings. The Labute approximate surface area is 135 Å². The zero-order valence-corrected chi connectivity index (χ0v) is 13.1. The van der Waals surface area contributed by atoms with Crippen LogP contribution in [0, 0.1) is 0 Å². The Morgan fingerprint density at radius 2 is 1.87 bits per heavy atom. The topological polar surface area (TPSA) is 76.1 Å². The van der Waals surface area contributed by atoms with Crippen molar-refractivity contribution in [3.05, 3.63) is 42.4 Å². The van der Waals surface area contributed by atoms with E-state index in [1.165, 1.54) is 31.9 Å². The number of rotatable bonds is 5. The molecule has 1 aromatic heterocycles. The Kier molecular flexibility index (Phi) is 4.71. The van der Waals surface area contributed by atoms with Crippen LogP contribution in [0.5, 0.6) is 5.75 Å². The molecule has 23 heavy (non-hydrogen) atoms. The molecule has 1 aliphatic rings. The van der Waals surface area contributed by atoms with E-state index in [4.69, 9.17) is 4.74 Å². The molecule has 1 saturated carbocycles. The first kappa shape index (κ1) is 15.3. The van der Waals surface area contributed by atoms with Crippen molar-refractivity contribution in [2.45, 2.75) is 31.7 Å². The van der Waals surface area contributed by atoms with Crippen LogP contribution in [0.3, 0.4) is 0 Å². The lowest BCUT2D eigenvalue weighted by Gasteiger charge is -2.12. The normalized spacial score (nSPS) is 14.5. The van der Waals surface area contributed by atoms with Gasteiger partial charge >= 0.3 is 0 Å². The van der Waals surface area contributed by atoms with E-state index in [0.29, 0.717) is 11.7 Å². The number of ether oxygens (including phenoxy) is 1. The molecule has 1 aliphatic carbocycles. The summed E-state index contributed by atoms with van der Waals surface area (Å²) in [6, 6.07) is 7.61. The first-order chi connectivity index (χ1) is 11.2. The molecule has 6 nitrogen and oxygen atoms in total. The summed E-state index contributed by atoms with van der Waals surface area (Å²) in [5.41, 5.74) is 0.976. The lowest BCUT2D eigenvalue weighted by molar-refractivity contribution is 0.102. The predicted molar refractivity (Wildman–Crippen MR) is 88.9 cm³/mol. The maximum absolute atomic E-state index is 12.2. The number of nitrogens with one attached hydrogen (secondary N) is 2. The Bertz CT molecular complexity index is 649. The van der Waals surface area contributed by atoms with Crippen molar-refractivity contribution in [1.82, 2.24) is 9.97 Å². The Hall–Kier alpha value is -2.63. The zero-order chi connectivity index (χ0) is 16.1. The molecule has 2 N–H and O–H groups in total. The molecule has 0 bridgehead atoms. The third-order valence-electron chi connectivity index (χ3n) is 3.94. The van der Waals surface area contributed by atoms with Gasteiger partial charge in [-0.05, 0) is 37.1 Å². The van der Waals surface area contributed by atoms with Crippen molar-refractivity contribution in [2.75, 3.05) is 17.7 Å². The third-order valence-corrected chi connectivity index (χ3v) is 3.94. The van der Waals surface area contributed by atoms with Crippen LogP contribution in [0.1, 0.15) is 36.2 Å². The second kappa shape index (κ2) is 7.09. The van der Waals surface area contributed by atoms with Crippen LogP contribution in [0.15, 0.2) is 36.7 Å². The highest BCUT2D eigenvalue weighted by molar-refractivity contribution is 6.02. The average molecular weight is 312 g/mol. The molecule has 3 rings (SSSR count). The zero-order valence-electron chi connectivity index (χ0n) is 13.1. The molecule has 120 valence electrons. The van der Waals surface area contributed by atoms with Gasteiger partial charge in [-0.2, -0.15) is 0 Å². The third kappa shape index (κ3) is 3.97. The van der Waals surface area contributed by atoms with E-state index in [1.807, 2.05) is 0 Å². The number of nitrogens with zero attached hydrogens (tertiary/aromatic N) is 2. The van der Waals surface area contributed by atoms with Crippen LogP contribution < -0.4 is 15.4 Å². The summed E-state index contributed by atoms with van der Waals surface area (Å²) in [7, 11) is 1.60. The molecule has 0 spiro atoms. The maximum Gasteiger partial charge on any atom is 0.275 e. The summed E-state index contributed by atoms with van der Waals surface area (Å²) >= 11 is 0. The molecule has 1 aromatic carbocycles. The molecular formula is C17H20N4O2. The molecule has 0 aliphatic heterocycles. The number of amides is 1. The summed E-state index contributed by atoms with van der Waals surface area (Å²) in [6.07, 6.45) is 7.96. The number of methoxy groups -OCH3 is 1. The number of aromatic nitrogens is 2. The number of benzene rings is 1. The minimum absolute atomic E-state index is 0.282. The van der Waals surface area contributed by atoms with Crippen molar-refractivity contribution in [3.63, 3.8) is 0 Å². The quantitative estimate of drug-likeness (QED) is 0.887. The summed E-state index contributed by atoms with van der Waals surface area (Å²) in [5.74, 6) is 1.18. The Morgan fingerprint density at radius 1 is 1.13 bits per heavy atom. The van der Waals surface area contributed by atoms with E-state index in [2.05, 4.69) is 20.6 Å². The maximum atomic E-state index is 12.2. The van der Waals surface area contributed by atoms with Crippen molar-refractivity contribution in [3.8, 4) is 5.75 Å². The van der Waals surface area contributed by atoms with Gasteiger partial charge in [0.25, 0.3) is 5.91 Å². The summed E-state index contributed by atoms with van der Waals surface area (Å²) in [4.78, 5) is 20.6. The second-order valence-corrected chi connectivity index (χ2v) is 5.60. The van der Waals surface area contributed by atoms with E-state index in [1.54, 1.807) is 37.6 Å². The highest BCUT2D eigenvalue weighted by Crippen LogP contribution is 2.21. The van der Waals surface area contributed by atoms with Crippen molar-refractivity contribution in [1.29, 1.82) is 0 Å². The van der Waals surface area contributed by atoms with Crippen LogP contribution in [0.25, 0.3) is 0 Å². The lowest BCUT2D eigenvalue weighted by Crippen LogP contribution is -2.17. The van der Waals surface area contributed by atoms with Gasteiger partial charge < -0.3 is 15.4 Å².